The fourth-order valence-electron chi connectivity index (χ4n) is 1.97. The molecule has 0 unspecified atom stereocenters. The van der Waals surface area contributed by atoms with Crippen LogP contribution in [-0.4, -0.2) is 29.0 Å². The van der Waals surface area contributed by atoms with Crippen molar-refractivity contribution in [3.05, 3.63) is 29.6 Å². The molecule has 17 heavy (non-hydrogen) atoms. The second-order valence-electron chi connectivity index (χ2n) is 4.71. The number of aromatic nitrogens is 1. The van der Waals surface area contributed by atoms with Crippen LogP contribution in [-0.2, 0) is 6.18 Å². The van der Waals surface area contributed by atoms with Crippen molar-refractivity contribution >= 4 is 0 Å². The quantitative estimate of drug-likeness (QED) is 0.795. The monoisotopic (exact) mass is 244 g/mol. The smallest absolute Gasteiger partial charge is 0.300 e. The molecule has 1 saturated heterocycles. The van der Waals surface area contributed by atoms with Crippen LogP contribution >= 0.6 is 0 Å². The topological polar surface area (TPSA) is 16.1 Å². The van der Waals surface area contributed by atoms with Crippen molar-refractivity contribution in [1.82, 2.24) is 9.88 Å². The zero-order chi connectivity index (χ0) is 12.6. The second kappa shape index (κ2) is 4.29. The third-order valence-electron chi connectivity index (χ3n) is 3.17. The molecule has 1 aromatic rings. The third-order valence-corrected chi connectivity index (χ3v) is 3.17. The summed E-state index contributed by atoms with van der Waals surface area (Å²) in [5.41, 5.74) is -0.0535. The van der Waals surface area contributed by atoms with Gasteiger partial charge in [-0.05, 0) is 26.0 Å². The number of likely N-dealkylation sites (tertiary alicyclic amines) is 1. The molecular formula is C12H15F3N2. The van der Waals surface area contributed by atoms with Gasteiger partial charge in [-0.15, -0.1) is 0 Å². The second-order valence-corrected chi connectivity index (χ2v) is 4.71. The fourth-order valence-corrected chi connectivity index (χ4v) is 1.97. The molecule has 94 valence electrons. The largest absolute Gasteiger partial charge is 0.416 e. The van der Waals surface area contributed by atoms with Crippen molar-refractivity contribution in [2.75, 3.05) is 13.1 Å². The van der Waals surface area contributed by atoms with Crippen molar-refractivity contribution in [2.24, 2.45) is 0 Å². The van der Waals surface area contributed by atoms with Gasteiger partial charge in [0, 0.05) is 36.9 Å². The lowest BCUT2D eigenvalue weighted by Gasteiger charge is -2.41. The summed E-state index contributed by atoms with van der Waals surface area (Å²) < 4.78 is 37.6. The van der Waals surface area contributed by atoms with E-state index in [4.69, 9.17) is 0 Å². The Labute approximate surface area is 98.5 Å². The van der Waals surface area contributed by atoms with Gasteiger partial charge in [0.1, 0.15) is 0 Å². The summed E-state index contributed by atoms with van der Waals surface area (Å²) in [5, 5.41) is 0. The molecule has 5 heteroatoms. The van der Waals surface area contributed by atoms with Gasteiger partial charge < -0.3 is 0 Å². The van der Waals surface area contributed by atoms with E-state index < -0.39 is 11.7 Å². The molecule has 0 saturated carbocycles. The Bertz CT molecular complexity index is 395. The van der Waals surface area contributed by atoms with E-state index in [-0.39, 0.29) is 5.92 Å². The van der Waals surface area contributed by atoms with Crippen LogP contribution < -0.4 is 0 Å². The summed E-state index contributed by atoms with van der Waals surface area (Å²) in [6.07, 6.45) is -3.03. The maximum absolute atomic E-state index is 12.5. The van der Waals surface area contributed by atoms with Crippen molar-refractivity contribution in [3.63, 3.8) is 0 Å². The summed E-state index contributed by atoms with van der Waals surface area (Å²) in [5.74, 6) is 0.139. The van der Waals surface area contributed by atoms with Crippen molar-refractivity contribution < 1.29 is 13.2 Å². The fraction of sp³-hybridized carbons (Fsp3) is 0.583. The molecule has 1 aromatic heterocycles. The van der Waals surface area contributed by atoms with Gasteiger partial charge in [-0.3, -0.25) is 9.88 Å². The number of pyridine rings is 1. The maximum atomic E-state index is 12.5. The highest BCUT2D eigenvalue weighted by Crippen LogP contribution is 2.33. The molecule has 1 fully saturated rings. The molecular weight excluding hydrogens is 229 g/mol. The third kappa shape index (κ3) is 2.60. The van der Waals surface area contributed by atoms with Crippen LogP contribution in [0.1, 0.15) is 31.0 Å². The van der Waals surface area contributed by atoms with Crippen LogP contribution in [0.5, 0.6) is 0 Å². The molecule has 0 N–H and O–H groups in total. The molecule has 2 heterocycles. The SMILES string of the molecule is CC(C)N1CC(c2cc(C(F)(F)F)ccn2)C1. The Morgan fingerprint density at radius 2 is 2.00 bits per heavy atom. The highest BCUT2D eigenvalue weighted by molar-refractivity contribution is 5.23. The Kier molecular flexibility index (Phi) is 3.12. The van der Waals surface area contributed by atoms with Gasteiger partial charge in [0.15, 0.2) is 0 Å². The summed E-state index contributed by atoms with van der Waals surface area (Å²) in [6, 6.07) is 2.63. The van der Waals surface area contributed by atoms with E-state index in [1.807, 2.05) is 0 Å². The van der Waals surface area contributed by atoms with Gasteiger partial charge in [-0.2, -0.15) is 13.2 Å². The molecule has 0 amide bonds. The lowest BCUT2D eigenvalue weighted by Crippen LogP contribution is -2.48. The highest BCUT2D eigenvalue weighted by atomic mass is 19.4. The minimum absolute atomic E-state index is 0.139. The van der Waals surface area contributed by atoms with Gasteiger partial charge in [0.2, 0.25) is 0 Å². The summed E-state index contributed by atoms with van der Waals surface area (Å²) in [7, 11) is 0. The van der Waals surface area contributed by atoms with Crippen LogP contribution in [0.3, 0.4) is 0 Å². The van der Waals surface area contributed by atoms with Gasteiger partial charge in [-0.1, -0.05) is 0 Å². The average molecular weight is 244 g/mol. The molecule has 1 aliphatic heterocycles. The first-order chi connectivity index (χ1) is 7.88. The van der Waals surface area contributed by atoms with E-state index in [1.165, 1.54) is 12.3 Å². The predicted molar refractivity (Wildman–Crippen MR) is 58.7 cm³/mol. The molecule has 0 bridgehead atoms. The Morgan fingerprint density at radius 3 is 2.53 bits per heavy atom. The minimum Gasteiger partial charge on any atom is -0.300 e. The Hall–Kier alpha value is -1.10. The lowest BCUT2D eigenvalue weighted by atomic mass is 9.93. The van der Waals surface area contributed by atoms with E-state index >= 15 is 0 Å². The Morgan fingerprint density at radius 1 is 1.35 bits per heavy atom. The molecule has 0 atom stereocenters. The van der Waals surface area contributed by atoms with Gasteiger partial charge >= 0.3 is 6.18 Å². The van der Waals surface area contributed by atoms with E-state index in [9.17, 15) is 13.2 Å². The molecule has 0 aliphatic carbocycles. The molecule has 1 aliphatic rings. The molecule has 0 radical (unpaired) electrons. The van der Waals surface area contributed by atoms with Crippen molar-refractivity contribution in [1.29, 1.82) is 0 Å². The number of alkyl halides is 3. The zero-order valence-corrected chi connectivity index (χ0v) is 9.83. The van der Waals surface area contributed by atoms with Crippen LogP contribution in [0, 0.1) is 0 Å². The van der Waals surface area contributed by atoms with Crippen molar-refractivity contribution in [3.8, 4) is 0 Å². The van der Waals surface area contributed by atoms with Crippen molar-refractivity contribution in [2.45, 2.75) is 32.0 Å². The first-order valence-electron chi connectivity index (χ1n) is 5.65. The van der Waals surface area contributed by atoms with Crippen LogP contribution in [0.25, 0.3) is 0 Å². The van der Waals surface area contributed by atoms with Gasteiger partial charge in [0.05, 0.1) is 5.56 Å². The van der Waals surface area contributed by atoms with Crippen LogP contribution in [0.4, 0.5) is 13.2 Å². The zero-order valence-electron chi connectivity index (χ0n) is 9.83. The van der Waals surface area contributed by atoms with E-state index in [2.05, 4.69) is 23.7 Å². The number of hydrogen-bond acceptors (Lipinski definition) is 2. The summed E-state index contributed by atoms with van der Waals surface area (Å²) in [4.78, 5) is 6.26. The lowest BCUT2D eigenvalue weighted by molar-refractivity contribution is -0.137. The van der Waals surface area contributed by atoms with E-state index in [0.717, 1.165) is 19.2 Å². The Balaban J connectivity index is 2.09. The first kappa shape index (κ1) is 12.4. The minimum atomic E-state index is -4.28. The highest BCUT2D eigenvalue weighted by Gasteiger charge is 2.34. The number of rotatable bonds is 2. The molecule has 0 aromatic carbocycles. The number of hydrogen-bond donors (Lipinski definition) is 0. The summed E-state index contributed by atoms with van der Waals surface area (Å²) >= 11 is 0. The van der Waals surface area contributed by atoms with E-state index in [0.29, 0.717) is 11.7 Å². The maximum Gasteiger partial charge on any atom is 0.416 e. The normalized spacial score (nSPS) is 18.5. The summed E-state index contributed by atoms with van der Waals surface area (Å²) in [6.45, 7) is 5.75. The first-order valence-corrected chi connectivity index (χ1v) is 5.65. The standard InChI is InChI=1S/C12H15F3N2/c1-8(2)17-6-9(7-17)11-5-10(3-4-16-11)12(13,14)15/h3-5,8-9H,6-7H2,1-2H3. The number of nitrogens with zero attached hydrogens (tertiary/aromatic N) is 2. The predicted octanol–water partition coefficient (Wildman–Crippen LogP) is 2.91. The molecule has 0 spiro atoms. The van der Waals surface area contributed by atoms with Crippen LogP contribution in [0.2, 0.25) is 0 Å². The van der Waals surface area contributed by atoms with Gasteiger partial charge in [0.25, 0.3) is 0 Å². The molecule has 2 nitrogen and oxygen atoms in total. The number of halogens is 3. The van der Waals surface area contributed by atoms with Gasteiger partial charge in [-0.25, -0.2) is 0 Å². The van der Waals surface area contributed by atoms with Crippen LogP contribution in [0.15, 0.2) is 18.3 Å². The van der Waals surface area contributed by atoms with E-state index in [1.54, 1.807) is 0 Å². The molecule has 2 rings (SSSR count). The average Bonchev–Trinajstić information content (AvgIpc) is 2.13.